The second kappa shape index (κ2) is 4.97. The summed E-state index contributed by atoms with van der Waals surface area (Å²) in [7, 11) is 4.20. The molecule has 100 valence electrons. The van der Waals surface area contributed by atoms with E-state index in [0.29, 0.717) is 0 Å². The molecule has 0 saturated heterocycles. The van der Waals surface area contributed by atoms with Crippen molar-refractivity contribution in [3.63, 3.8) is 0 Å². The van der Waals surface area contributed by atoms with Crippen molar-refractivity contribution in [2.45, 2.75) is 6.92 Å². The van der Waals surface area contributed by atoms with Gasteiger partial charge in [0.2, 0.25) is 5.69 Å². The third-order valence-electron chi connectivity index (χ3n) is 3.84. The van der Waals surface area contributed by atoms with Crippen LogP contribution in [0.5, 0.6) is 0 Å². The fourth-order valence-electron chi connectivity index (χ4n) is 2.51. The SMILES string of the molecule is Cc1ccc(-c2cc(-c3ccccc3)[n+](C)n2C)cc1. The molecule has 3 rings (SSSR count). The minimum Gasteiger partial charge on any atom is -0.156 e. The molecule has 0 atom stereocenters. The van der Waals surface area contributed by atoms with Crippen LogP contribution in [0.2, 0.25) is 0 Å². The zero-order valence-electron chi connectivity index (χ0n) is 12.2. The van der Waals surface area contributed by atoms with Crippen LogP contribution in [0.25, 0.3) is 22.5 Å². The topological polar surface area (TPSA) is 8.81 Å². The molecule has 0 spiro atoms. The summed E-state index contributed by atoms with van der Waals surface area (Å²) in [4.78, 5) is 0. The van der Waals surface area contributed by atoms with Crippen molar-refractivity contribution in [3.8, 4) is 22.5 Å². The van der Waals surface area contributed by atoms with Gasteiger partial charge in [0.15, 0.2) is 7.05 Å². The number of hydrogen-bond donors (Lipinski definition) is 0. The van der Waals surface area contributed by atoms with E-state index in [0.717, 1.165) is 0 Å². The second-order valence-electron chi connectivity index (χ2n) is 5.19. The van der Waals surface area contributed by atoms with Crippen molar-refractivity contribution in [1.82, 2.24) is 4.68 Å². The van der Waals surface area contributed by atoms with Gasteiger partial charge in [-0.1, -0.05) is 48.0 Å². The molecule has 0 fully saturated rings. The van der Waals surface area contributed by atoms with Crippen molar-refractivity contribution in [3.05, 3.63) is 66.2 Å². The predicted molar refractivity (Wildman–Crippen MR) is 82.2 cm³/mol. The van der Waals surface area contributed by atoms with Crippen LogP contribution in [0.15, 0.2) is 60.7 Å². The van der Waals surface area contributed by atoms with E-state index in [9.17, 15) is 0 Å². The zero-order valence-corrected chi connectivity index (χ0v) is 12.2. The average Bonchev–Trinajstić information content (AvgIpc) is 2.77. The molecule has 1 aromatic heterocycles. The molecule has 0 N–H and O–H groups in total. The quantitative estimate of drug-likeness (QED) is 0.626. The number of aromatic nitrogens is 2. The van der Waals surface area contributed by atoms with Gasteiger partial charge >= 0.3 is 0 Å². The van der Waals surface area contributed by atoms with Gasteiger partial charge in [-0.2, -0.15) is 4.68 Å². The maximum atomic E-state index is 2.25. The molecule has 3 aromatic rings. The lowest BCUT2D eigenvalue weighted by Gasteiger charge is -2.00. The van der Waals surface area contributed by atoms with E-state index in [1.54, 1.807) is 0 Å². The first kappa shape index (κ1) is 12.7. The summed E-state index contributed by atoms with van der Waals surface area (Å²) in [6.45, 7) is 2.12. The van der Waals surface area contributed by atoms with E-state index in [-0.39, 0.29) is 0 Å². The molecule has 2 heteroatoms. The standard InChI is InChI=1S/C18H19N2/c1-14-9-11-16(12-10-14)18-13-17(19(2)20(18)3)15-7-5-4-6-8-15/h4-13H,1-3H3/q+1. The Bertz CT molecular complexity index is 722. The van der Waals surface area contributed by atoms with Crippen molar-refractivity contribution in [1.29, 1.82) is 0 Å². The van der Waals surface area contributed by atoms with Crippen LogP contribution in [-0.2, 0) is 14.1 Å². The fourth-order valence-corrected chi connectivity index (χ4v) is 2.51. The summed E-state index contributed by atoms with van der Waals surface area (Å²) in [6, 6.07) is 21.4. The highest BCUT2D eigenvalue weighted by Crippen LogP contribution is 2.24. The Kier molecular flexibility index (Phi) is 3.15. The van der Waals surface area contributed by atoms with Gasteiger partial charge in [0.1, 0.15) is 5.69 Å². The van der Waals surface area contributed by atoms with E-state index in [1.165, 1.54) is 28.1 Å². The lowest BCUT2D eigenvalue weighted by Crippen LogP contribution is -2.39. The Hall–Kier alpha value is -2.35. The molecule has 0 amide bonds. The summed E-state index contributed by atoms with van der Waals surface area (Å²) >= 11 is 0. The molecule has 2 nitrogen and oxygen atoms in total. The van der Waals surface area contributed by atoms with E-state index >= 15 is 0 Å². The van der Waals surface area contributed by atoms with Gasteiger partial charge in [0.05, 0.1) is 7.05 Å². The summed E-state index contributed by atoms with van der Waals surface area (Å²) in [5, 5.41) is 0. The number of rotatable bonds is 2. The number of nitrogens with zero attached hydrogens (tertiary/aromatic N) is 2. The third-order valence-corrected chi connectivity index (χ3v) is 3.84. The minimum atomic E-state index is 1.23. The van der Waals surface area contributed by atoms with Crippen LogP contribution in [0.1, 0.15) is 5.56 Å². The highest BCUT2D eigenvalue weighted by atomic mass is 15.4. The summed E-state index contributed by atoms with van der Waals surface area (Å²) in [5.74, 6) is 0. The monoisotopic (exact) mass is 263 g/mol. The van der Waals surface area contributed by atoms with Crippen LogP contribution in [-0.4, -0.2) is 4.68 Å². The maximum Gasteiger partial charge on any atom is 0.238 e. The molecule has 0 aliphatic carbocycles. The van der Waals surface area contributed by atoms with Crippen LogP contribution in [0, 0.1) is 6.92 Å². The normalized spacial score (nSPS) is 10.8. The second-order valence-corrected chi connectivity index (χ2v) is 5.19. The van der Waals surface area contributed by atoms with Gasteiger partial charge in [0, 0.05) is 17.2 Å². The zero-order chi connectivity index (χ0) is 14.1. The van der Waals surface area contributed by atoms with Gasteiger partial charge in [-0.15, -0.1) is 4.68 Å². The molecule has 1 heterocycles. The third kappa shape index (κ3) is 2.14. The molecule has 0 bridgehead atoms. The van der Waals surface area contributed by atoms with E-state index < -0.39 is 0 Å². The highest BCUT2D eigenvalue weighted by Gasteiger charge is 2.19. The molecule has 0 saturated carbocycles. The van der Waals surface area contributed by atoms with Gasteiger partial charge in [-0.3, -0.25) is 0 Å². The predicted octanol–water partition coefficient (Wildman–Crippen LogP) is 3.49. The van der Waals surface area contributed by atoms with Crippen molar-refractivity contribution < 1.29 is 4.68 Å². The fraction of sp³-hybridized carbons (Fsp3) is 0.167. The molecule has 0 radical (unpaired) electrons. The molecule has 2 aromatic carbocycles. The molecular formula is C18H19N2+. The molecule has 20 heavy (non-hydrogen) atoms. The maximum absolute atomic E-state index is 2.25. The van der Waals surface area contributed by atoms with Crippen LogP contribution in [0.3, 0.4) is 0 Å². The first-order chi connectivity index (χ1) is 9.66. The summed E-state index contributed by atoms with van der Waals surface area (Å²) in [5.41, 5.74) is 6.23. The van der Waals surface area contributed by atoms with E-state index in [2.05, 4.69) is 85.0 Å². The summed E-state index contributed by atoms with van der Waals surface area (Å²) < 4.78 is 4.37. The van der Waals surface area contributed by atoms with Crippen LogP contribution < -0.4 is 4.68 Å². The molecule has 0 aliphatic heterocycles. The number of aryl methyl sites for hydroxylation is 1. The number of benzene rings is 2. The van der Waals surface area contributed by atoms with Crippen LogP contribution >= 0.6 is 0 Å². The minimum absolute atomic E-state index is 1.23. The average molecular weight is 263 g/mol. The van der Waals surface area contributed by atoms with E-state index in [1.807, 2.05) is 6.07 Å². The molecular weight excluding hydrogens is 244 g/mol. The van der Waals surface area contributed by atoms with Gasteiger partial charge < -0.3 is 0 Å². The van der Waals surface area contributed by atoms with E-state index in [4.69, 9.17) is 0 Å². The lowest BCUT2D eigenvalue weighted by molar-refractivity contribution is -0.740. The van der Waals surface area contributed by atoms with Crippen molar-refractivity contribution in [2.75, 3.05) is 0 Å². The smallest absolute Gasteiger partial charge is 0.156 e. The Morgan fingerprint density at radius 3 is 2.15 bits per heavy atom. The van der Waals surface area contributed by atoms with Gasteiger partial charge in [0.25, 0.3) is 0 Å². The molecule has 0 unspecified atom stereocenters. The van der Waals surface area contributed by atoms with Gasteiger partial charge in [-0.05, 0) is 19.1 Å². The molecule has 0 aliphatic rings. The lowest BCUT2D eigenvalue weighted by atomic mass is 10.1. The first-order valence-corrected chi connectivity index (χ1v) is 6.85. The first-order valence-electron chi connectivity index (χ1n) is 6.85. The largest absolute Gasteiger partial charge is 0.238 e. The van der Waals surface area contributed by atoms with Crippen LogP contribution in [0.4, 0.5) is 0 Å². The Balaban J connectivity index is 2.13. The number of hydrogen-bond acceptors (Lipinski definition) is 0. The summed E-state index contributed by atoms with van der Waals surface area (Å²) in [6.07, 6.45) is 0. The van der Waals surface area contributed by atoms with Gasteiger partial charge in [-0.25, -0.2) is 0 Å². The Morgan fingerprint density at radius 1 is 0.850 bits per heavy atom. The van der Waals surface area contributed by atoms with Crippen molar-refractivity contribution >= 4 is 0 Å². The highest BCUT2D eigenvalue weighted by molar-refractivity contribution is 5.66. The Morgan fingerprint density at radius 2 is 1.50 bits per heavy atom. The van der Waals surface area contributed by atoms with Crippen molar-refractivity contribution in [2.24, 2.45) is 14.1 Å². The Labute approximate surface area is 119 Å².